The SMILES string of the molecule is CCCCC(=O)Nc1ccc(SC(C)C(=O)Nc2ccc(Cl)cc2Cl)cc1. The van der Waals surface area contributed by atoms with Crippen LogP contribution in [-0.2, 0) is 9.59 Å². The van der Waals surface area contributed by atoms with E-state index in [9.17, 15) is 9.59 Å². The predicted molar refractivity (Wildman–Crippen MR) is 115 cm³/mol. The number of hydrogen-bond acceptors (Lipinski definition) is 3. The Kier molecular flexibility index (Phi) is 8.48. The number of hydrogen-bond donors (Lipinski definition) is 2. The molecule has 27 heavy (non-hydrogen) atoms. The lowest BCUT2D eigenvalue weighted by Gasteiger charge is -2.13. The van der Waals surface area contributed by atoms with Crippen molar-refractivity contribution in [3.63, 3.8) is 0 Å². The van der Waals surface area contributed by atoms with E-state index in [1.165, 1.54) is 11.8 Å². The summed E-state index contributed by atoms with van der Waals surface area (Å²) in [4.78, 5) is 25.1. The van der Waals surface area contributed by atoms with Gasteiger partial charge in [-0.25, -0.2) is 0 Å². The number of halogens is 2. The van der Waals surface area contributed by atoms with Crippen LogP contribution in [0.1, 0.15) is 33.1 Å². The second kappa shape index (κ2) is 10.6. The van der Waals surface area contributed by atoms with Crippen LogP contribution in [0.25, 0.3) is 0 Å². The van der Waals surface area contributed by atoms with E-state index in [1.807, 2.05) is 31.2 Å². The molecule has 7 heteroatoms. The first-order valence-electron chi connectivity index (χ1n) is 8.71. The Bertz CT molecular complexity index is 797. The molecule has 0 heterocycles. The average Bonchev–Trinajstić information content (AvgIpc) is 2.63. The summed E-state index contributed by atoms with van der Waals surface area (Å²) in [6.45, 7) is 3.88. The molecule has 0 aliphatic rings. The maximum Gasteiger partial charge on any atom is 0.237 e. The highest BCUT2D eigenvalue weighted by Gasteiger charge is 2.16. The minimum absolute atomic E-state index is 0.0184. The number of thioether (sulfide) groups is 1. The van der Waals surface area contributed by atoms with E-state index < -0.39 is 0 Å². The van der Waals surface area contributed by atoms with Crippen molar-refractivity contribution >= 4 is 58.2 Å². The number of anilines is 2. The molecule has 0 saturated heterocycles. The van der Waals surface area contributed by atoms with Crippen LogP contribution in [-0.4, -0.2) is 17.1 Å². The molecule has 2 aromatic rings. The van der Waals surface area contributed by atoms with E-state index >= 15 is 0 Å². The predicted octanol–water partition coefficient (Wildman–Crippen LogP) is 6.24. The van der Waals surface area contributed by atoms with E-state index in [0.29, 0.717) is 22.2 Å². The number of rotatable bonds is 8. The van der Waals surface area contributed by atoms with Gasteiger partial charge in [0.15, 0.2) is 0 Å². The Morgan fingerprint density at radius 1 is 1.07 bits per heavy atom. The maximum absolute atomic E-state index is 12.4. The summed E-state index contributed by atoms with van der Waals surface area (Å²) in [5.41, 5.74) is 1.29. The Morgan fingerprint density at radius 3 is 2.41 bits per heavy atom. The van der Waals surface area contributed by atoms with Crippen LogP contribution in [0.2, 0.25) is 10.0 Å². The van der Waals surface area contributed by atoms with Gasteiger partial charge >= 0.3 is 0 Å². The fourth-order valence-corrected chi connectivity index (χ4v) is 3.58. The second-order valence-corrected chi connectivity index (χ2v) is 8.31. The zero-order valence-electron chi connectivity index (χ0n) is 15.2. The van der Waals surface area contributed by atoms with Crippen molar-refractivity contribution in [2.24, 2.45) is 0 Å². The molecule has 0 aliphatic carbocycles. The minimum atomic E-state index is -0.318. The van der Waals surface area contributed by atoms with Gasteiger partial charge in [-0.05, 0) is 55.8 Å². The first-order valence-corrected chi connectivity index (χ1v) is 10.3. The first kappa shape index (κ1) is 21.6. The zero-order chi connectivity index (χ0) is 19.8. The molecule has 0 radical (unpaired) electrons. The molecular formula is C20H22Cl2N2O2S. The summed E-state index contributed by atoms with van der Waals surface area (Å²) in [5.74, 6) is -0.133. The van der Waals surface area contributed by atoms with Gasteiger partial charge in [0.1, 0.15) is 0 Å². The normalized spacial score (nSPS) is 11.7. The van der Waals surface area contributed by atoms with Gasteiger partial charge in [0.25, 0.3) is 0 Å². The number of carbonyl (C=O) groups excluding carboxylic acids is 2. The Hall–Kier alpha value is -1.69. The van der Waals surface area contributed by atoms with Crippen molar-refractivity contribution in [2.75, 3.05) is 10.6 Å². The van der Waals surface area contributed by atoms with E-state index in [1.54, 1.807) is 18.2 Å². The topological polar surface area (TPSA) is 58.2 Å². The molecule has 0 aromatic heterocycles. The second-order valence-electron chi connectivity index (χ2n) is 6.05. The first-order chi connectivity index (χ1) is 12.9. The highest BCUT2D eigenvalue weighted by Crippen LogP contribution is 2.28. The van der Waals surface area contributed by atoms with Gasteiger partial charge in [0.05, 0.1) is 16.0 Å². The standard InChI is InChI=1S/C20H22Cl2N2O2S/c1-3-4-5-19(25)23-15-7-9-16(10-8-15)27-13(2)20(26)24-18-11-6-14(21)12-17(18)22/h6-13H,3-5H2,1-2H3,(H,23,25)(H,24,26). The van der Waals surface area contributed by atoms with E-state index in [-0.39, 0.29) is 17.1 Å². The lowest BCUT2D eigenvalue weighted by atomic mass is 10.2. The van der Waals surface area contributed by atoms with Crippen molar-refractivity contribution in [3.05, 3.63) is 52.5 Å². The number of unbranched alkanes of at least 4 members (excludes halogenated alkanes) is 1. The van der Waals surface area contributed by atoms with Crippen LogP contribution in [0.3, 0.4) is 0 Å². The van der Waals surface area contributed by atoms with Crippen LogP contribution < -0.4 is 10.6 Å². The van der Waals surface area contributed by atoms with Crippen LogP contribution in [0.4, 0.5) is 11.4 Å². The molecule has 2 aromatic carbocycles. The van der Waals surface area contributed by atoms with Crippen molar-refractivity contribution in [2.45, 2.75) is 43.3 Å². The molecule has 0 saturated carbocycles. The van der Waals surface area contributed by atoms with Gasteiger partial charge in [-0.3, -0.25) is 9.59 Å². The Labute approximate surface area is 174 Å². The Balaban J connectivity index is 1.90. The highest BCUT2D eigenvalue weighted by molar-refractivity contribution is 8.00. The lowest BCUT2D eigenvalue weighted by molar-refractivity contribution is -0.116. The minimum Gasteiger partial charge on any atom is -0.326 e. The fourth-order valence-electron chi connectivity index (χ4n) is 2.26. The summed E-state index contributed by atoms with van der Waals surface area (Å²) < 4.78 is 0. The molecule has 2 N–H and O–H groups in total. The molecule has 2 rings (SSSR count). The molecule has 2 amide bonds. The van der Waals surface area contributed by atoms with Crippen molar-refractivity contribution in [1.29, 1.82) is 0 Å². The third-order valence-corrected chi connectivity index (χ3v) is 5.43. The largest absolute Gasteiger partial charge is 0.326 e. The van der Waals surface area contributed by atoms with Gasteiger partial charge < -0.3 is 10.6 Å². The molecule has 0 aliphatic heterocycles. The average molecular weight is 425 g/mol. The molecule has 0 fully saturated rings. The van der Waals surface area contributed by atoms with Crippen LogP contribution in [0, 0.1) is 0 Å². The summed E-state index contributed by atoms with van der Waals surface area (Å²) in [6, 6.07) is 12.4. The summed E-state index contributed by atoms with van der Waals surface area (Å²) >= 11 is 13.4. The van der Waals surface area contributed by atoms with Crippen LogP contribution >= 0.6 is 35.0 Å². The van der Waals surface area contributed by atoms with Gasteiger partial charge in [0.2, 0.25) is 11.8 Å². The third kappa shape index (κ3) is 7.09. The number of benzene rings is 2. The Morgan fingerprint density at radius 2 is 1.78 bits per heavy atom. The maximum atomic E-state index is 12.4. The molecule has 1 unspecified atom stereocenters. The summed E-state index contributed by atoms with van der Waals surface area (Å²) in [5, 5.41) is 6.28. The zero-order valence-corrected chi connectivity index (χ0v) is 17.5. The third-order valence-electron chi connectivity index (χ3n) is 3.77. The quantitative estimate of drug-likeness (QED) is 0.492. The molecule has 0 bridgehead atoms. The van der Waals surface area contributed by atoms with Gasteiger partial charge in [-0.15, -0.1) is 11.8 Å². The molecular weight excluding hydrogens is 403 g/mol. The van der Waals surface area contributed by atoms with Crippen molar-refractivity contribution in [1.82, 2.24) is 0 Å². The monoisotopic (exact) mass is 424 g/mol. The molecule has 0 spiro atoms. The van der Waals surface area contributed by atoms with Gasteiger partial charge in [-0.2, -0.15) is 0 Å². The van der Waals surface area contributed by atoms with Gasteiger partial charge in [0, 0.05) is 22.0 Å². The van der Waals surface area contributed by atoms with Crippen LogP contribution in [0.5, 0.6) is 0 Å². The van der Waals surface area contributed by atoms with E-state index in [0.717, 1.165) is 23.4 Å². The van der Waals surface area contributed by atoms with Crippen LogP contribution in [0.15, 0.2) is 47.4 Å². The smallest absolute Gasteiger partial charge is 0.237 e. The van der Waals surface area contributed by atoms with E-state index in [2.05, 4.69) is 17.6 Å². The number of nitrogens with one attached hydrogen (secondary N) is 2. The number of carbonyl (C=O) groups is 2. The number of amides is 2. The molecule has 144 valence electrons. The fraction of sp³-hybridized carbons (Fsp3) is 0.300. The molecule has 4 nitrogen and oxygen atoms in total. The lowest BCUT2D eigenvalue weighted by Crippen LogP contribution is -2.22. The summed E-state index contributed by atoms with van der Waals surface area (Å²) in [6.07, 6.45) is 2.39. The van der Waals surface area contributed by atoms with Crippen molar-refractivity contribution < 1.29 is 9.59 Å². The van der Waals surface area contributed by atoms with E-state index in [4.69, 9.17) is 23.2 Å². The molecule has 1 atom stereocenters. The summed E-state index contributed by atoms with van der Waals surface area (Å²) in [7, 11) is 0. The highest BCUT2D eigenvalue weighted by atomic mass is 35.5. The van der Waals surface area contributed by atoms with Crippen molar-refractivity contribution in [3.8, 4) is 0 Å². The van der Waals surface area contributed by atoms with Gasteiger partial charge in [-0.1, -0.05) is 36.5 Å².